The van der Waals surface area contributed by atoms with Crippen LogP contribution in [0.25, 0.3) is 0 Å². The first-order valence-corrected chi connectivity index (χ1v) is 10.5. The van der Waals surface area contributed by atoms with E-state index in [0.29, 0.717) is 36.1 Å². The number of nitro groups is 1. The molecule has 1 aliphatic carbocycles. The van der Waals surface area contributed by atoms with Gasteiger partial charge in [0.15, 0.2) is 0 Å². The Kier molecular flexibility index (Phi) is 5.59. The standard InChI is InChI=1S/C24H26N4O3/c1-16-4-6-19(7-5-16)14-26(22-12-13-22)24(29)21-10-8-20(9-11-21)15-27-18(3)23(28(30)31)17(2)25-27/h4-11,22H,12-15H2,1-3H3. The summed E-state index contributed by atoms with van der Waals surface area (Å²) in [6.07, 6.45) is 2.10. The van der Waals surface area contributed by atoms with E-state index in [-0.39, 0.29) is 11.6 Å². The van der Waals surface area contributed by atoms with Crippen LogP contribution in [0, 0.1) is 30.9 Å². The van der Waals surface area contributed by atoms with Crippen LogP contribution in [-0.2, 0) is 13.1 Å². The minimum atomic E-state index is -0.392. The zero-order valence-corrected chi connectivity index (χ0v) is 18.0. The van der Waals surface area contributed by atoms with Crippen molar-refractivity contribution in [1.29, 1.82) is 0 Å². The average Bonchev–Trinajstić information content (AvgIpc) is 3.53. The second-order valence-corrected chi connectivity index (χ2v) is 8.28. The molecule has 2 aromatic carbocycles. The van der Waals surface area contributed by atoms with Gasteiger partial charge in [-0.25, -0.2) is 0 Å². The van der Waals surface area contributed by atoms with Crippen molar-refractivity contribution in [1.82, 2.24) is 14.7 Å². The number of hydrogen-bond donors (Lipinski definition) is 0. The van der Waals surface area contributed by atoms with Crippen molar-refractivity contribution in [2.75, 3.05) is 0 Å². The summed E-state index contributed by atoms with van der Waals surface area (Å²) in [4.78, 5) is 26.0. The van der Waals surface area contributed by atoms with Gasteiger partial charge in [0.1, 0.15) is 11.4 Å². The minimum absolute atomic E-state index is 0.0383. The summed E-state index contributed by atoms with van der Waals surface area (Å²) in [6, 6.07) is 16.1. The summed E-state index contributed by atoms with van der Waals surface area (Å²) in [6.45, 7) is 6.43. The quantitative estimate of drug-likeness (QED) is 0.416. The van der Waals surface area contributed by atoms with Gasteiger partial charge in [-0.1, -0.05) is 42.0 Å². The molecule has 1 aliphatic rings. The molecule has 1 fully saturated rings. The number of carbonyl (C=O) groups excluding carboxylic acids is 1. The molecule has 1 saturated carbocycles. The van der Waals surface area contributed by atoms with Crippen LogP contribution in [-0.4, -0.2) is 31.6 Å². The highest BCUT2D eigenvalue weighted by Crippen LogP contribution is 2.30. The fraction of sp³-hybridized carbons (Fsp3) is 0.333. The Labute approximate surface area is 181 Å². The molecule has 7 heteroatoms. The highest BCUT2D eigenvalue weighted by Gasteiger charge is 2.33. The van der Waals surface area contributed by atoms with E-state index in [0.717, 1.165) is 24.0 Å². The van der Waals surface area contributed by atoms with Crippen LogP contribution in [0.5, 0.6) is 0 Å². The maximum absolute atomic E-state index is 13.2. The van der Waals surface area contributed by atoms with Gasteiger partial charge in [-0.05, 0) is 56.9 Å². The van der Waals surface area contributed by atoms with Gasteiger partial charge >= 0.3 is 5.69 Å². The van der Waals surface area contributed by atoms with Crippen molar-refractivity contribution < 1.29 is 9.72 Å². The lowest BCUT2D eigenvalue weighted by molar-refractivity contribution is -0.386. The van der Waals surface area contributed by atoms with Crippen molar-refractivity contribution in [3.63, 3.8) is 0 Å². The second kappa shape index (κ2) is 8.34. The van der Waals surface area contributed by atoms with Crippen LogP contribution in [0.4, 0.5) is 5.69 Å². The number of carbonyl (C=O) groups is 1. The molecule has 160 valence electrons. The van der Waals surface area contributed by atoms with Crippen LogP contribution in [0.2, 0.25) is 0 Å². The Balaban J connectivity index is 1.49. The summed E-state index contributed by atoms with van der Waals surface area (Å²) in [5, 5.41) is 15.5. The molecular formula is C24H26N4O3. The SMILES string of the molecule is Cc1ccc(CN(C(=O)c2ccc(Cn3nc(C)c([N+](=O)[O-])c3C)cc2)C2CC2)cc1. The second-order valence-electron chi connectivity index (χ2n) is 8.28. The van der Waals surface area contributed by atoms with Gasteiger partial charge in [-0.3, -0.25) is 19.6 Å². The molecule has 0 spiro atoms. The Morgan fingerprint density at radius 3 is 2.23 bits per heavy atom. The number of amides is 1. The average molecular weight is 418 g/mol. The lowest BCUT2D eigenvalue weighted by atomic mass is 10.1. The van der Waals surface area contributed by atoms with Crippen LogP contribution in [0.3, 0.4) is 0 Å². The van der Waals surface area contributed by atoms with E-state index in [9.17, 15) is 14.9 Å². The Bertz CT molecular complexity index is 1110. The van der Waals surface area contributed by atoms with E-state index in [1.165, 1.54) is 5.56 Å². The third-order valence-corrected chi connectivity index (χ3v) is 5.78. The predicted molar refractivity (Wildman–Crippen MR) is 118 cm³/mol. The molecule has 0 atom stereocenters. The molecule has 0 unspecified atom stereocenters. The molecule has 4 rings (SSSR count). The topological polar surface area (TPSA) is 81.3 Å². The van der Waals surface area contributed by atoms with Gasteiger partial charge in [0.25, 0.3) is 5.91 Å². The van der Waals surface area contributed by atoms with E-state index < -0.39 is 4.92 Å². The van der Waals surface area contributed by atoms with E-state index in [2.05, 4.69) is 36.3 Å². The molecule has 1 heterocycles. The van der Waals surface area contributed by atoms with Gasteiger partial charge < -0.3 is 4.90 Å². The molecule has 0 aliphatic heterocycles. The molecule has 7 nitrogen and oxygen atoms in total. The molecule has 31 heavy (non-hydrogen) atoms. The summed E-state index contributed by atoms with van der Waals surface area (Å²) < 4.78 is 1.64. The van der Waals surface area contributed by atoms with Gasteiger partial charge in [0.05, 0.1) is 11.5 Å². The summed E-state index contributed by atoms with van der Waals surface area (Å²) in [5.74, 6) is 0.0383. The fourth-order valence-electron chi connectivity index (χ4n) is 3.84. The lowest BCUT2D eigenvalue weighted by Gasteiger charge is -2.23. The molecule has 1 aromatic heterocycles. The van der Waals surface area contributed by atoms with Crippen molar-refractivity contribution >= 4 is 11.6 Å². The van der Waals surface area contributed by atoms with Gasteiger partial charge in [-0.15, -0.1) is 0 Å². The van der Waals surface area contributed by atoms with Gasteiger partial charge in [-0.2, -0.15) is 5.10 Å². The Hall–Kier alpha value is -3.48. The van der Waals surface area contributed by atoms with E-state index >= 15 is 0 Å². The Morgan fingerprint density at radius 2 is 1.68 bits per heavy atom. The lowest BCUT2D eigenvalue weighted by Crippen LogP contribution is -2.32. The van der Waals surface area contributed by atoms with Crippen LogP contribution in [0.15, 0.2) is 48.5 Å². The largest absolute Gasteiger partial charge is 0.331 e. The maximum Gasteiger partial charge on any atom is 0.312 e. The predicted octanol–water partition coefficient (Wildman–Crippen LogP) is 4.57. The third-order valence-electron chi connectivity index (χ3n) is 5.78. The third kappa shape index (κ3) is 4.50. The maximum atomic E-state index is 13.2. The zero-order chi connectivity index (χ0) is 22.1. The minimum Gasteiger partial charge on any atom is -0.331 e. The number of rotatable bonds is 7. The number of aryl methyl sites for hydroxylation is 2. The van der Waals surface area contributed by atoms with E-state index in [1.54, 1.807) is 18.5 Å². The van der Waals surface area contributed by atoms with Gasteiger partial charge in [0, 0.05) is 18.2 Å². The molecular weight excluding hydrogens is 392 g/mol. The number of benzene rings is 2. The van der Waals surface area contributed by atoms with Gasteiger partial charge in [0.2, 0.25) is 0 Å². The first-order chi connectivity index (χ1) is 14.8. The molecule has 1 amide bonds. The molecule has 3 aromatic rings. The molecule has 0 bridgehead atoms. The van der Waals surface area contributed by atoms with Crippen LogP contribution >= 0.6 is 0 Å². The Morgan fingerprint density at radius 1 is 1.06 bits per heavy atom. The first kappa shape index (κ1) is 20.8. The van der Waals surface area contributed by atoms with E-state index in [4.69, 9.17) is 0 Å². The summed E-state index contributed by atoms with van der Waals surface area (Å²) in [7, 11) is 0. The highest BCUT2D eigenvalue weighted by molar-refractivity contribution is 5.94. The molecule has 0 N–H and O–H groups in total. The highest BCUT2D eigenvalue weighted by atomic mass is 16.6. The van der Waals surface area contributed by atoms with Crippen molar-refractivity contribution in [2.24, 2.45) is 0 Å². The molecule has 0 saturated heterocycles. The monoisotopic (exact) mass is 418 g/mol. The number of hydrogen-bond acceptors (Lipinski definition) is 4. The number of nitrogens with zero attached hydrogens (tertiary/aromatic N) is 4. The van der Waals surface area contributed by atoms with Crippen molar-refractivity contribution in [3.05, 3.63) is 92.3 Å². The van der Waals surface area contributed by atoms with E-state index in [1.807, 2.05) is 29.2 Å². The zero-order valence-electron chi connectivity index (χ0n) is 18.0. The van der Waals surface area contributed by atoms with Crippen molar-refractivity contribution in [3.8, 4) is 0 Å². The number of aromatic nitrogens is 2. The smallest absolute Gasteiger partial charge is 0.312 e. The van der Waals surface area contributed by atoms with Crippen molar-refractivity contribution in [2.45, 2.75) is 52.7 Å². The molecule has 0 radical (unpaired) electrons. The first-order valence-electron chi connectivity index (χ1n) is 10.5. The fourth-order valence-corrected chi connectivity index (χ4v) is 3.84. The summed E-state index contributed by atoms with van der Waals surface area (Å²) >= 11 is 0. The normalized spacial score (nSPS) is 13.3. The van der Waals surface area contributed by atoms with Crippen LogP contribution < -0.4 is 0 Å². The van der Waals surface area contributed by atoms with Crippen LogP contribution in [0.1, 0.15) is 51.3 Å². The summed E-state index contributed by atoms with van der Waals surface area (Å²) in [5.41, 5.74) is 4.93.